The Bertz CT molecular complexity index is 1820. The average molecular weight is 1400 g/mol. The highest BCUT2D eigenvalue weighted by Crippen LogP contribution is 2.45. The summed E-state index contributed by atoms with van der Waals surface area (Å²) >= 11 is 0. The fourth-order valence-corrected chi connectivity index (χ4v) is 13.3. The lowest BCUT2D eigenvalue weighted by molar-refractivity contribution is -0.161. The maximum Gasteiger partial charge on any atom is 0.472 e. The smallest absolute Gasteiger partial charge is 0.462 e. The standard InChI is InChI=1S/C76H148O17P2/c1-6-9-12-15-18-21-24-27-30-33-36-39-42-45-52-57-61-75(80)92-71(65-86-73(78)59-54-49-43-40-37-34-31-28-25-22-19-16-13-10-7-2)67-90-94(82,83)88-63-70(77)64-89-95(84,85)91-68-72(66-87-74(79)60-55-50-47-46-48-53-58-69(4)5)93-76(81)62-56-51-44-41-38-35-32-29-26-23-20-17-14-11-8-3/h69-72,77H,6-68H2,1-5H3,(H,82,83)(H,84,85)/t70-,71-,72-/m1/s1. The molecule has 0 aliphatic carbocycles. The molecule has 0 spiro atoms. The van der Waals surface area contributed by atoms with Crippen LogP contribution in [-0.2, 0) is 65.4 Å². The fraction of sp³-hybridized carbons (Fsp3) is 0.947. The molecule has 2 unspecified atom stereocenters. The number of phosphoric ester groups is 2. The summed E-state index contributed by atoms with van der Waals surface area (Å²) < 4.78 is 68.5. The molecule has 0 heterocycles. The van der Waals surface area contributed by atoms with E-state index in [9.17, 15) is 43.2 Å². The van der Waals surface area contributed by atoms with Gasteiger partial charge in [0.25, 0.3) is 0 Å². The molecule has 0 aromatic rings. The number of ether oxygens (including phenoxy) is 4. The molecule has 19 heteroatoms. The Kier molecular flexibility index (Phi) is 67.7. The van der Waals surface area contributed by atoms with Crippen LogP contribution >= 0.6 is 15.6 Å². The number of unbranched alkanes of at least 4 members (excludes halogenated alkanes) is 48. The first-order chi connectivity index (χ1) is 46.0. The van der Waals surface area contributed by atoms with Gasteiger partial charge < -0.3 is 33.8 Å². The minimum Gasteiger partial charge on any atom is -0.462 e. The molecule has 0 bridgehead atoms. The molecule has 0 radical (unpaired) electrons. The summed E-state index contributed by atoms with van der Waals surface area (Å²) in [4.78, 5) is 72.8. The molecule has 0 aliphatic heterocycles. The molecule has 0 fully saturated rings. The van der Waals surface area contributed by atoms with Crippen molar-refractivity contribution in [3.63, 3.8) is 0 Å². The average Bonchev–Trinajstić information content (AvgIpc) is 2.99. The Morgan fingerprint density at radius 2 is 0.484 bits per heavy atom. The van der Waals surface area contributed by atoms with Crippen LogP contribution in [-0.4, -0.2) is 96.7 Å². The van der Waals surface area contributed by atoms with Crippen LogP contribution in [0.3, 0.4) is 0 Å². The third kappa shape index (κ3) is 70.3. The van der Waals surface area contributed by atoms with Crippen molar-refractivity contribution >= 4 is 39.5 Å². The van der Waals surface area contributed by atoms with E-state index in [1.54, 1.807) is 0 Å². The number of aliphatic hydroxyl groups excluding tert-OH is 1. The number of rotatable bonds is 76. The number of aliphatic hydroxyl groups is 1. The highest BCUT2D eigenvalue weighted by molar-refractivity contribution is 7.47. The minimum absolute atomic E-state index is 0.107. The Balaban J connectivity index is 5.23. The van der Waals surface area contributed by atoms with Crippen molar-refractivity contribution in [3.05, 3.63) is 0 Å². The summed E-state index contributed by atoms with van der Waals surface area (Å²) in [5, 5.41) is 10.6. The molecular formula is C76H148O17P2. The quantitative estimate of drug-likeness (QED) is 0.0222. The van der Waals surface area contributed by atoms with E-state index in [-0.39, 0.29) is 25.7 Å². The van der Waals surface area contributed by atoms with Crippen LogP contribution in [0.5, 0.6) is 0 Å². The van der Waals surface area contributed by atoms with Gasteiger partial charge in [0, 0.05) is 25.7 Å². The Labute approximate surface area is 581 Å². The predicted molar refractivity (Wildman–Crippen MR) is 386 cm³/mol. The number of esters is 4. The second kappa shape index (κ2) is 69.2. The van der Waals surface area contributed by atoms with Crippen LogP contribution in [0.1, 0.15) is 401 Å². The van der Waals surface area contributed by atoms with Gasteiger partial charge in [-0.05, 0) is 31.6 Å². The van der Waals surface area contributed by atoms with E-state index in [4.69, 9.17) is 37.0 Å². The largest absolute Gasteiger partial charge is 0.472 e. The number of carbonyl (C=O) groups is 4. The van der Waals surface area contributed by atoms with Crippen LogP contribution < -0.4 is 0 Å². The highest BCUT2D eigenvalue weighted by Gasteiger charge is 2.30. The Morgan fingerprint density at radius 3 is 0.716 bits per heavy atom. The number of phosphoric acid groups is 2. The summed E-state index contributed by atoms with van der Waals surface area (Å²) in [5.74, 6) is -1.43. The summed E-state index contributed by atoms with van der Waals surface area (Å²) in [6.07, 6.45) is 58.3. The zero-order valence-electron chi connectivity index (χ0n) is 61.8. The first-order valence-corrected chi connectivity index (χ1v) is 42.6. The lowest BCUT2D eigenvalue weighted by Crippen LogP contribution is -2.30. The number of hydrogen-bond donors (Lipinski definition) is 3. The summed E-state index contributed by atoms with van der Waals surface area (Å²) in [5.41, 5.74) is 0. The van der Waals surface area contributed by atoms with Gasteiger partial charge in [-0.15, -0.1) is 0 Å². The molecule has 0 amide bonds. The highest BCUT2D eigenvalue weighted by atomic mass is 31.2. The lowest BCUT2D eigenvalue weighted by atomic mass is 10.0. The molecule has 0 rings (SSSR count). The topological polar surface area (TPSA) is 237 Å². The molecule has 17 nitrogen and oxygen atoms in total. The molecular weight excluding hydrogens is 1250 g/mol. The van der Waals surface area contributed by atoms with Crippen molar-refractivity contribution in [2.24, 2.45) is 5.92 Å². The van der Waals surface area contributed by atoms with Crippen molar-refractivity contribution in [2.75, 3.05) is 39.6 Å². The SMILES string of the molecule is CCCCCCCCCCCCCCCCCCC(=O)O[C@H](COC(=O)CCCCCCCCCCCCCCCCC)COP(=O)(O)OC[C@@H](O)COP(=O)(O)OC[C@@H](COC(=O)CCCCCCCCC(C)C)OC(=O)CCCCCCCCCCCCCCCCC. The molecule has 0 saturated heterocycles. The summed E-state index contributed by atoms with van der Waals surface area (Å²) in [6.45, 7) is 7.22. The zero-order chi connectivity index (χ0) is 69.8. The van der Waals surface area contributed by atoms with Gasteiger partial charge in [0.1, 0.15) is 19.3 Å². The molecule has 0 aromatic heterocycles. The monoisotopic (exact) mass is 1400 g/mol. The van der Waals surface area contributed by atoms with E-state index >= 15 is 0 Å². The Morgan fingerprint density at radius 1 is 0.284 bits per heavy atom. The lowest BCUT2D eigenvalue weighted by Gasteiger charge is -2.21. The van der Waals surface area contributed by atoms with Crippen LogP contribution in [0.2, 0.25) is 0 Å². The second-order valence-corrected chi connectivity index (χ2v) is 30.8. The van der Waals surface area contributed by atoms with E-state index in [1.165, 1.54) is 218 Å². The van der Waals surface area contributed by atoms with E-state index in [2.05, 4.69) is 34.6 Å². The Hall–Kier alpha value is -1.94. The molecule has 0 aliphatic rings. The molecule has 0 aromatic carbocycles. The molecule has 564 valence electrons. The van der Waals surface area contributed by atoms with Gasteiger partial charge in [0.15, 0.2) is 12.2 Å². The van der Waals surface area contributed by atoms with Crippen molar-refractivity contribution in [1.82, 2.24) is 0 Å². The van der Waals surface area contributed by atoms with Gasteiger partial charge in [-0.2, -0.15) is 0 Å². The van der Waals surface area contributed by atoms with Crippen LogP contribution in [0.4, 0.5) is 0 Å². The number of hydrogen-bond acceptors (Lipinski definition) is 15. The van der Waals surface area contributed by atoms with Gasteiger partial charge in [-0.1, -0.05) is 349 Å². The maximum absolute atomic E-state index is 13.1. The van der Waals surface area contributed by atoms with E-state index in [0.29, 0.717) is 31.6 Å². The van der Waals surface area contributed by atoms with Crippen LogP contribution in [0, 0.1) is 5.92 Å². The fourth-order valence-electron chi connectivity index (χ4n) is 11.7. The van der Waals surface area contributed by atoms with E-state index < -0.39 is 97.5 Å². The van der Waals surface area contributed by atoms with Crippen molar-refractivity contribution in [2.45, 2.75) is 419 Å². The van der Waals surface area contributed by atoms with E-state index in [0.717, 1.165) is 96.3 Å². The maximum atomic E-state index is 13.1. The third-order valence-corrected chi connectivity index (χ3v) is 19.7. The molecule has 5 atom stereocenters. The summed E-state index contributed by atoms with van der Waals surface area (Å²) in [6, 6.07) is 0. The van der Waals surface area contributed by atoms with Crippen LogP contribution in [0.15, 0.2) is 0 Å². The first-order valence-electron chi connectivity index (χ1n) is 39.6. The molecule has 3 N–H and O–H groups in total. The minimum atomic E-state index is -4.96. The second-order valence-electron chi connectivity index (χ2n) is 27.9. The van der Waals surface area contributed by atoms with Crippen molar-refractivity contribution < 1.29 is 80.2 Å². The normalized spacial score (nSPS) is 13.9. The van der Waals surface area contributed by atoms with Crippen molar-refractivity contribution in [3.8, 4) is 0 Å². The first kappa shape index (κ1) is 93.1. The van der Waals surface area contributed by atoms with Gasteiger partial charge in [0.05, 0.1) is 26.4 Å². The van der Waals surface area contributed by atoms with Gasteiger partial charge in [-0.3, -0.25) is 37.3 Å². The van der Waals surface area contributed by atoms with Crippen molar-refractivity contribution in [1.29, 1.82) is 0 Å². The van der Waals surface area contributed by atoms with E-state index in [1.807, 2.05) is 0 Å². The summed E-state index contributed by atoms with van der Waals surface area (Å²) in [7, 11) is -9.91. The third-order valence-electron chi connectivity index (χ3n) is 17.8. The van der Waals surface area contributed by atoms with Crippen LogP contribution in [0.25, 0.3) is 0 Å². The van der Waals surface area contributed by atoms with Gasteiger partial charge in [0.2, 0.25) is 0 Å². The molecule has 95 heavy (non-hydrogen) atoms. The van der Waals surface area contributed by atoms with Gasteiger partial charge >= 0.3 is 39.5 Å². The predicted octanol–water partition coefficient (Wildman–Crippen LogP) is 22.5. The van der Waals surface area contributed by atoms with Gasteiger partial charge in [-0.25, -0.2) is 9.13 Å². The molecule has 0 saturated carbocycles. The number of carbonyl (C=O) groups excluding carboxylic acids is 4. The zero-order valence-corrected chi connectivity index (χ0v) is 63.6.